The molecule has 0 aromatic heterocycles. The van der Waals surface area contributed by atoms with Crippen LogP contribution in [0.25, 0.3) is 0 Å². The number of aryl methyl sites for hydroxylation is 1. The SMILES string of the molecule is CCc1ccc(C(=O)c2cc(Br)c(O[C@@H]3CCOC3)cc2NC(C)=O)cc1. The van der Waals surface area contributed by atoms with Crippen LogP contribution >= 0.6 is 15.9 Å². The Morgan fingerprint density at radius 3 is 2.59 bits per heavy atom. The zero-order valence-corrected chi connectivity index (χ0v) is 17.0. The molecule has 0 radical (unpaired) electrons. The minimum atomic E-state index is -0.247. The Hall–Kier alpha value is -2.18. The van der Waals surface area contributed by atoms with Crippen LogP contribution in [0, 0.1) is 0 Å². The van der Waals surface area contributed by atoms with E-state index in [9.17, 15) is 9.59 Å². The fourth-order valence-corrected chi connectivity index (χ4v) is 3.39. The summed E-state index contributed by atoms with van der Waals surface area (Å²) in [6.07, 6.45) is 1.69. The summed E-state index contributed by atoms with van der Waals surface area (Å²) in [7, 11) is 0. The van der Waals surface area contributed by atoms with Crippen molar-refractivity contribution in [3.63, 3.8) is 0 Å². The van der Waals surface area contributed by atoms with Gasteiger partial charge >= 0.3 is 0 Å². The molecule has 1 aliphatic heterocycles. The van der Waals surface area contributed by atoms with Gasteiger partial charge in [-0.05, 0) is 34.0 Å². The lowest BCUT2D eigenvalue weighted by Gasteiger charge is -2.17. The molecule has 0 saturated carbocycles. The van der Waals surface area contributed by atoms with Crippen LogP contribution in [0.15, 0.2) is 40.9 Å². The maximum Gasteiger partial charge on any atom is 0.221 e. The van der Waals surface area contributed by atoms with E-state index in [4.69, 9.17) is 9.47 Å². The molecule has 6 heteroatoms. The standard InChI is InChI=1S/C21H22BrNO4/c1-3-14-4-6-15(7-5-14)21(25)17-10-18(22)20(11-19(17)23-13(2)24)27-16-8-9-26-12-16/h4-7,10-11,16H,3,8-9,12H2,1-2H3,(H,23,24)/t16-/m1/s1. The third-order valence-electron chi connectivity index (χ3n) is 4.43. The van der Waals surface area contributed by atoms with Gasteiger partial charge in [0.1, 0.15) is 11.9 Å². The van der Waals surface area contributed by atoms with Crippen LogP contribution < -0.4 is 10.1 Å². The van der Waals surface area contributed by atoms with Crippen molar-refractivity contribution in [2.45, 2.75) is 32.8 Å². The van der Waals surface area contributed by atoms with Gasteiger partial charge in [-0.3, -0.25) is 9.59 Å². The number of ether oxygens (including phenoxy) is 2. The summed E-state index contributed by atoms with van der Waals surface area (Å²) in [6, 6.07) is 10.9. The normalized spacial score (nSPS) is 16.2. The Balaban J connectivity index is 1.95. The van der Waals surface area contributed by atoms with Gasteiger partial charge in [-0.15, -0.1) is 0 Å². The van der Waals surface area contributed by atoms with Crippen LogP contribution in [0.3, 0.4) is 0 Å². The minimum Gasteiger partial charge on any atom is -0.487 e. The second kappa shape index (κ2) is 8.67. The van der Waals surface area contributed by atoms with Gasteiger partial charge in [0.15, 0.2) is 5.78 Å². The molecule has 1 fully saturated rings. The van der Waals surface area contributed by atoms with Crippen molar-refractivity contribution >= 4 is 33.3 Å². The Bertz CT molecular complexity index is 842. The fourth-order valence-electron chi connectivity index (χ4n) is 2.96. The van der Waals surface area contributed by atoms with Gasteiger partial charge in [0, 0.05) is 30.5 Å². The van der Waals surface area contributed by atoms with E-state index in [0.717, 1.165) is 18.4 Å². The van der Waals surface area contributed by atoms with E-state index in [0.29, 0.717) is 40.3 Å². The smallest absolute Gasteiger partial charge is 0.221 e. The summed E-state index contributed by atoms with van der Waals surface area (Å²) in [5.74, 6) is 0.174. The molecular formula is C21H22BrNO4. The summed E-state index contributed by atoms with van der Waals surface area (Å²) < 4.78 is 12.0. The van der Waals surface area contributed by atoms with E-state index in [1.165, 1.54) is 6.92 Å². The van der Waals surface area contributed by atoms with Crippen molar-refractivity contribution in [1.29, 1.82) is 0 Å². The van der Waals surface area contributed by atoms with Gasteiger partial charge < -0.3 is 14.8 Å². The molecule has 2 aromatic rings. The number of benzene rings is 2. The molecule has 2 aromatic carbocycles. The van der Waals surface area contributed by atoms with Gasteiger partial charge in [0.2, 0.25) is 5.91 Å². The monoisotopic (exact) mass is 431 g/mol. The van der Waals surface area contributed by atoms with Crippen molar-refractivity contribution in [3.05, 3.63) is 57.6 Å². The topological polar surface area (TPSA) is 64.6 Å². The Morgan fingerprint density at radius 1 is 1.26 bits per heavy atom. The second-order valence-electron chi connectivity index (χ2n) is 6.49. The quantitative estimate of drug-likeness (QED) is 0.689. The highest BCUT2D eigenvalue weighted by Gasteiger charge is 2.22. The van der Waals surface area contributed by atoms with E-state index in [1.54, 1.807) is 12.1 Å². The molecular weight excluding hydrogens is 410 g/mol. The largest absolute Gasteiger partial charge is 0.487 e. The number of rotatable bonds is 6. The average Bonchev–Trinajstić information content (AvgIpc) is 3.16. The van der Waals surface area contributed by atoms with Crippen LogP contribution in [-0.2, 0) is 16.0 Å². The van der Waals surface area contributed by atoms with Gasteiger partial charge in [-0.25, -0.2) is 0 Å². The zero-order chi connectivity index (χ0) is 19.4. The highest BCUT2D eigenvalue weighted by molar-refractivity contribution is 9.10. The van der Waals surface area contributed by atoms with Crippen molar-refractivity contribution in [2.75, 3.05) is 18.5 Å². The van der Waals surface area contributed by atoms with E-state index in [-0.39, 0.29) is 17.8 Å². The molecule has 1 heterocycles. The van der Waals surface area contributed by atoms with E-state index in [1.807, 2.05) is 24.3 Å². The summed E-state index contributed by atoms with van der Waals surface area (Å²) in [5, 5.41) is 2.75. The number of halogens is 1. The molecule has 27 heavy (non-hydrogen) atoms. The van der Waals surface area contributed by atoms with Crippen molar-refractivity contribution < 1.29 is 19.1 Å². The number of hydrogen-bond donors (Lipinski definition) is 1. The molecule has 0 bridgehead atoms. The molecule has 1 aliphatic rings. The maximum absolute atomic E-state index is 13.0. The molecule has 3 rings (SSSR count). The molecule has 1 amide bonds. The first-order valence-corrected chi connectivity index (χ1v) is 9.76. The molecule has 0 aliphatic carbocycles. The van der Waals surface area contributed by atoms with E-state index < -0.39 is 0 Å². The number of anilines is 1. The van der Waals surface area contributed by atoms with Gasteiger partial charge in [0.25, 0.3) is 0 Å². The van der Waals surface area contributed by atoms with Crippen molar-refractivity contribution in [1.82, 2.24) is 0 Å². The van der Waals surface area contributed by atoms with Crippen molar-refractivity contribution in [2.24, 2.45) is 0 Å². The van der Waals surface area contributed by atoms with Gasteiger partial charge in [0.05, 0.1) is 23.4 Å². The third kappa shape index (κ3) is 4.76. The highest BCUT2D eigenvalue weighted by atomic mass is 79.9. The highest BCUT2D eigenvalue weighted by Crippen LogP contribution is 2.34. The minimum absolute atomic E-state index is 0.0328. The second-order valence-corrected chi connectivity index (χ2v) is 7.35. The molecule has 5 nitrogen and oxygen atoms in total. The van der Waals surface area contributed by atoms with Gasteiger partial charge in [-0.1, -0.05) is 31.2 Å². The van der Waals surface area contributed by atoms with E-state index in [2.05, 4.69) is 28.2 Å². The summed E-state index contributed by atoms with van der Waals surface area (Å²) in [6.45, 7) is 4.69. The molecule has 0 spiro atoms. The third-order valence-corrected chi connectivity index (χ3v) is 5.05. The van der Waals surface area contributed by atoms with Crippen LogP contribution in [-0.4, -0.2) is 31.0 Å². The predicted molar refractivity (Wildman–Crippen MR) is 108 cm³/mol. The molecule has 142 valence electrons. The fraction of sp³-hybridized carbons (Fsp3) is 0.333. The molecule has 0 unspecified atom stereocenters. The van der Waals surface area contributed by atoms with Crippen LogP contribution in [0.1, 0.15) is 41.8 Å². The van der Waals surface area contributed by atoms with Crippen molar-refractivity contribution in [3.8, 4) is 5.75 Å². The predicted octanol–water partition coefficient (Wildman–Crippen LogP) is 4.37. The van der Waals surface area contributed by atoms with Crippen LogP contribution in [0.5, 0.6) is 5.75 Å². The summed E-state index contributed by atoms with van der Waals surface area (Å²) >= 11 is 3.49. The number of carbonyl (C=O) groups is 2. The first kappa shape index (κ1) is 19.6. The number of nitrogens with one attached hydrogen (secondary N) is 1. The Labute approximate surface area is 167 Å². The summed E-state index contributed by atoms with van der Waals surface area (Å²) in [5.41, 5.74) is 2.58. The lowest BCUT2D eigenvalue weighted by atomic mass is 9.99. The zero-order valence-electron chi connectivity index (χ0n) is 15.4. The number of hydrogen-bond acceptors (Lipinski definition) is 4. The van der Waals surface area contributed by atoms with Crippen LogP contribution in [0.2, 0.25) is 0 Å². The lowest BCUT2D eigenvalue weighted by molar-refractivity contribution is -0.114. The number of ketones is 1. The Kier molecular flexibility index (Phi) is 6.29. The number of carbonyl (C=O) groups excluding carboxylic acids is 2. The van der Waals surface area contributed by atoms with E-state index >= 15 is 0 Å². The first-order valence-electron chi connectivity index (χ1n) is 8.97. The van der Waals surface area contributed by atoms with Crippen LogP contribution in [0.4, 0.5) is 5.69 Å². The maximum atomic E-state index is 13.0. The molecule has 1 N–H and O–H groups in total. The Morgan fingerprint density at radius 2 is 2.00 bits per heavy atom. The summed E-state index contributed by atoms with van der Waals surface area (Å²) in [4.78, 5) is 24.7. The molecule has 1 saturated heterocycles. The number of amides is 1. The lowest BCUT2D eigenvalue weighted by Crippen LogP contribution is -2.17. The first-order chi connectivity index (χ1) is 13.0. The van der Waals surface area contributed by atoms with Gasteiger partial charge in [-0.2, -0.15) is 0 Å². The molecule has 1 atom stereocenters. The average molecular weight is 432 g/mol.